The van der Waals surface area contributed by atoms with Crippen LogP contribution in [0.4, 0.5) is 22.7 Å². The van der Waals surface area contributed by atoms with E-state index in [4.69, 9.17) is 0 Å². The lowest BCUT2D eigenvalue weighted by atomic mass is 10.0. The maximum absolute atomic E-state index is 9.37. The smallest absolute Gasteiger partial charge is 0.0953 e. The number of hydrogen-bond acceptors (Lipinski definition) is 3. The third-order valence-electron chi connectivity index (χ3n) is 6.46. The number of nitrogens with zero attached hydrogens (tertiary/aromatic N) is 3. The number of hydrogen-bond donors (Lipinski definition) is 0. The quantitative estimate of drug-likeness (QED) is 0.282. The SMILES string of the molecule is C=C/C=C(\C=C)c1ccc(N(c2ccccc2)c2ccc(N(C)C3=CC(C)C(C#N)=CC=C3)cc2)cc1.CC. The number of allylic oxidation sites excluding steroid dienone is 9. The molecule has 0 aromatic heterocycles. The molecule has 0 bridgehead atoms. The van der Waals surface area contributed by atoms with Gasteiger partial charge in [0.1, 0.15) is 0 Å². The van der Waals surface area contributed by atoms with Crippen molar-refractivity contribution in [3.8, 4) is 6.07 Å². The predicted molar refractivity (Wildman–Crippen MR) is 169 cm³/mol. The van der Waals surface area contributed by atoms with Crippen LogP contribution in [0.3, 0.4) is 0 Å². The van der Waals surface area contributed by atoms with E-state index in [1.807, 2.05) is 57.2 Å². The fourth-order valence-corrected chi connectivity index (χ4v) is 4.38. The standard InChI is InChI=1S/C34H31N3.C2H6/c1-5-11-27(6-2)28-16-18-32(19-17-28)37(31-13-8-7-9-14-31)33-22-20-30(21-23-33)36(4)34-15-10-12-29(25-35)26(3)24-34;1-2/h5-24,26H,1-2H2,3-4H3;1-2H3/b27-11+;. The second-order valence-electron chi connectivity index (χ2n) is 8.83. The molecule has 0 amide bonds. The highest BCUT2D eigenvalue weighted by atomic mass is 15.1. The van der Waals surface area contributed by atoms with Gasteiger partial charge in [-0.15, -0.1) is 0 Å². The first-order chi connectivity index (χ1) is 19.0. The van der Waals surface area contributed by atoms with Crippen molar-refractivity contribution in [2.75, 3.05) is 16.8 Å². The van der Waals surface area contributed by atoms with Crippen LogP contribution in [0.15, 0.2) is 146 Å². The van der Waals surface area contributed by atoms with E-state index in [1.165, 1.54) is 0 Å². The fourth-order valence-electron chi connectivity index (χ4n) is 4.38. The van der Waals surface area contributed by atoms with E-state index in [-0.39, 0.29) is 5.92 Å². The van der Waals surface area contributed by atoms with Crippen molar-refractivity contribution in [3.63, 3.8) is 0 Å². The number of benzene rings is 3. The van der Waals surface area contributed by atoms with Gasteiger partial charge in [0.15, 0.2) is 0 Å². The van der Waals surface area contributed by atoms with Gasteiger partial charge in [0.05, 0.1) is 6.07 Å². The molecule has 0 radical (unpaired) electrons. The highest BCUT2D eigenvalue weighted by Crippen LogP contribution is 2.36. The summed E-state index contributed by atoms with van der Waals surface area (Å²) < 4.78 is 0. The molecule has 1 aliphatic carbocycles. The first-order valence-electron chi connectivity index (χ1n) is 13.3. The second kappa shape index (κ2) is 14.2. The summed E-state index contributed by atoms with van der Waals surface area (Å²) in [7, 11) is 2.05. The Morgan fingerprint density at radius 3 is 1.97 bits per heavy atom. The van der Waals surface area contributed by atoms with Gasteiger partial charge in [0, 0.05) is 47.0 Å². The minimum absolute atomic E-state index is 0.0659. The molecule has 3 aromatic rings. The Bertz CT molecular complexity index is 1410. The number of rotatable bonds is 8. The zero-order valence-corrected chi connectivity index (χ0v) is 23.4. The second-order valence-corrected chi connectivity index (χ2v) is 8.83. The Morgan fingerprint density at radius 2 is 1.41 bits per heavy atom. The first kappa shape index (κ1) is 28.8. The van der Waals surface area contributed by atoms with E-state index in [0.29, 0.717) is 0 Å². The molecule has 39 heavy (non-hydrogen) atoms. The average Bonchev–Trinajstić information content (AvgIpc) is 3.19. The predicted octanol–water partition coefficient (Wildman–Crippen LogP) is 9.91. The summed E-state index contributed by atoms with van der Waals surface area (Å²) in [5.74, 6) is 0.0659. The molecule has 0 heterocycles. The maximum atomic E-state index is 9.37. The van der Waals surface area contributed by atoms with Crippen molar-refractivity contribution < 1.29 is 0 Å². The van der Waals surface area contributed by atoms with Gasteiger partial charge in [-0.05, 0) is 71.8 Å². The van der Waals surface area contributed by atoms with Gasteiger partial charge in [-0.2, -0.15) is 5.26 Å². The van der Waals surface area contributed by atoms with Crippen molar-refractivity contribution in [3.05, 3.63) is 151 Å². The van der Waals surface area contributed by atoms with Gasteiger partial charge in [0.25, 0.3) is 0 Å². The molecule has 0 saturated carbocycles. The normalized spacial score (nSPS) is 14.4. The number of para-hydroxylation sites is 1. The van der Waals surface area contributed by atoms with Gasteiger partial charge >= 0.3 is 0 Å². The van der Waals surface area contributed by atoms with Crippen LogP contribution in [0.2, 0.25) is 0 Å². The molecule has 0 saturated heterocycles. The molecule has 0 aliphatic heterocycles. The molecule has 0 N–H and O–H groups in total. The molecule has 0 spiro atoms. The largest absolute Gasteiger partial charge is 0.345 e. The van der Waals surface area contributed by atoms with Crippen LogP contribution in [0.1, 0.15) is 26.3 Å². The molecule has 0 fully saturated rings. The van der Waals surface area contributed by atoms with E-state index >= 15 is 0 Å². The lowest BCUT2D eigenvalue weighted by Gasteiger charge is -2.27. The Kier molecular flexibility index (Phi) is 10.5. The summed E-state index contributed by atoms with van der Waals surface area (Å²) in [5.41, 5.74) is 8.24. The monoisotopic (exact) mass is 511 g/mol. The van der Waals surface area contributed by atoms with Crippen LogP contribution in [-0.4, -0.2) is 7.05 Å². The molecule has 196 valence electrons. The number of likely N-dealkylation sites (N-methyl/N-ethyl adjacent to an activating group) is 1. The summed E-state index contributed by atoms with van der Waals surface area (Å²) in [6, 6.07) is 29.7. The number of anilines is 4. The zero-order valence-electron chi connectivity index (χ0n) is 23.4. The molecule has 1 unspecified atom stereocenters. The van der Waals surface area contributed by atoms with Crippen LogP contribution in [-0.2, 0) is 0 Å². The van der Waals surface area contributed by atoms with Crippen molar-refractivity contribution in [2.24, 2.45) is 5.92 Å². The molecule has 3 nitrogen and oxygen atoms in total. The minimum Gasteiger partial charge on any atom is -0.345 e. The Balaban J connectivity index is 0.00000205. The van der Waals surface area contributed by atoms with Crippen molar-refractivity contribution in [1.29, 1.82) is 5.26 Å². The summed E-state index contributed by atoms with van der Waals surface area (Å²) in [4.78, 5) is 4.39. The Morgan fingerprint density at radius 1 is 0.846 bits per heavy atom. The van der Waals surface area contributed by atoms with Gasteiger partial charge < -0.3 is 9.80 Å². The lowest BCUT2D eigenvalue weighted by molar-refractivity contribution is 0.882. The molecular weight excluding hydrogens is 474 g/mol. The number of nitriles is 1. The Hall–Kier alpha value is -4.81. The van der Waals surface area contributed by atoms with Crippen molar-refractivity contribution in [2.45, 2.75) is 20.8 Å². The molecule has 4 rings (SSSR count). The van der Waals surface area contributed by atoms with Gasteiger partial charge in [-0.3, -0.25) is 0 Å². The molecule has 3 heteroatoms. The summed E-state index contributed by atoms with van der Waals surface area (Å²) >= 11 is 0. The van der Waals surface area contributed by atoms with E-state index in [1.54, 1.807) is 6.08 Å². The van der Waals surface area contributed by atoms with E-state index in [2.05, 4.69) is 115 Å². The van der Waals surface area contributed by atoms with Crippen LogP contribution < -0.4 is 9.80 Å². The topological polar surface area (TPSA) is 30.3 Å². The fraction of sp³-hybridized carbons (Fsp3) is 0.139. The maximum Gasteiger partial charge on any atom is 0.0953 e. The molecule has 1 aliphatic rings. The van der Waals surface area contributed by atoms with Crippen molar-refractivity contribution >= 4 is 28.3 Å². The van der Waals surface area contributed by atoms with Crippen LogP contribution in [0.25, 0.3) is 5.57 Å². The first-order valence-corrected chi connectivity index (χ1v) is 13.3. The average molecular weight is 512 g/mol. The summed E-state index contributed by atoms with van der Waals surface area (Å²) in [5, 5.41) is 9.37. The molecule has 1 atom stereocenters. The third-order valence-corrected chi connectivity index (χ3v) is 6.46. The van der Waals surface area contributed by atoms with Gasteiger partial charge in [-0.1, -0.05) is 94.6 Å². The van der Waals surface area contributed by atoms with Gasteiger partial charge in [-0.25, -0.2) is 0 Å². The lowest BCUT2D eigenvalue weighted by Crippen LogP contribution is -2.16. The Labute approximate surface area is 234 Å². The van der Waals surface area contributed by atoms with Crippen LogP contribution in [0, 0.1) is 17.2 Å². The third kappa shape index (κ3) is 6.94. The summed E-state index contributed by atoms with van der Waals surface area (Å²) in [6.45, 7) is 13.8. The summed E-state index contributed by atoms with van der Waals surface area (Å²) in [6.07, 6.45) is 13.6. The van der Waals surface area contributed by atoms with E-state index in [0.717, 1.165) is 45.2 Å². The van der Waals surface area contributed by atoms with Crippen molar-refractivity contribution in [1.82, 2.24) is 0 Å². The van der Waals surface area contributed by atoms with Gasteiger partial charge in [0.2, 0.25) is 0 Å². The molecule has 3 aromatic carbocycles. The highest BCUT2D eigenvalue weighted by Gasteiger charge is 2.15. The minimum atomic E-state index is 0.0659. The van der Waals surface area contributed by atoms with Crippen LogP contribution in [0.5, 0.6) is 0 Å². The van der Waals surface area contributed by atoms with E-state index < -0.39 is 0 Å². The highest BCUT2D eigenvalue weighted by molar-refractivity contribution is 5.80. The molecular formula is C36H37N3. The zero-order chi connectivity index (χ0) is 28.2. The van der Waals surface area contributed by atoms with E-state index in [9.17, 15) is 5.26 Å². The van der Waals surface area contributed by atoms with Crippen LogP contribution >= 0.6 is 0 Å².